The van der Waals surface area contributed by atoms with Gasteiger partial charge in [-0.25, -0.2) is 4.79 Å². The Hall–Kier alpha value is -3.17. The normalized spacial score (nSPS) is 19.4. The summed E-state index contributed by atoms with van der Waals surface area (Å²) in [5.41, 5.74) is 2.84. The summed E-state index contributed by atoms with van der Waals surface area (Å²) < 4.78 is 6.68. The van der Waals surface area contributed by atoms with Crippen molar-refractivity contribution in [1.29, 1.82) is 0 Å². The first kappa shape index (κ1) is 19.2. The maximum Gasteiger partial charge on any atom is 0.338 e. The highest BCUT2D eigenvalue weighted by Gasteiger charge is 2.37. The molecule has 4 rings (SSSR count). The Labute approximate surface area is 168 Å². The van der Waals surface area contributed by atoms with Crippen molar-refractivity contribution < 1.29 is 14.6 Å². The second-order valence-corrected chi connectivity index (χ2v) is 7.49. The summed E-state index contributed by atoms with van der Waals surface area (Å²) in [4.78, 5) is 29.5. The van der Waals surface area contributed by atoms with Gasteiger partial charge in [0.1, 0.15) is 0 Å². The van der Waals surface area contributed by atoms with Gasteiger partial charge >= 0.3 is 5.97 Å². The highest BCUT2D eigenvalue weighted by molar-refractivity contribution is 6.19. The molecule has 1 N–H and O–H groups in total. The Bertz CT molecular complexity index is 1180. The van der Waals surface area contributed by atoms with Gasteiger partial charge < -0.3 is 14.4 Å². The number of hydrogen-bond donors (Lipinski definition) is 1. The molecule has 29 heavy (non-hydrogen) atoms. The van der Waals surface area contributed by atoms with Crippen LogP contribution in [0.25, 0.3) is 5.57 Å². The van der Waals surface area contributed by atoms with Crippen LogP contribution >= 0.6 is 0 Å². The number of aromatic nitrogens is 2. The molecular weight excluding hydrogens is 368 g/mol. The van der Waals surface area contributed by atoms with Crippen LogP contribution in [0.5, 0.6) is 0 Å². The van der Waals surface area contributed by atoms with Crippen LogP contribution in [-0.4, -0.2) is 27.2 Å². The van der Waals surface area contributed by atoms with Crippen molar-refractivity contribution in [3.05, 3.63) is 68.4 Å². The van der Waals surface area contributed by atoms with Crippen molar-refractivity contribution in [3.63, 3.8) is 0 Å². The molecule has 0 fully saturated rings. The molecule has 0 saturated heterocycles. The molecule has 2 aliphatic carbocycles. The molecule has 2 aromatic rings. The molecule has 1 atom stereocenters. The number of allylic oxidation sites excluding steroid dienone is 1. The fraction of sp³-hybridized carbons (Fsp3) is 0.348. The van der Waals surface area contributed by atoms with E-state index in [1.807, 2.05) is 19.1 Å². The Morgan fingerprint density at radius 2 is 2.24 bits per heavy atom. The third kappa shape index (κ3) is 3.08. The van der Waals surface area contributed by atoms with Crippen molar-refractivity contribution in [3.8, 4) is 11.8 Å². The molecular formula is C23H22N2O4. The summed E-state index contributed by atoms with van der Waals surface area (Å²) >= 11 is 0. The van der Waals surface area contributed by atoms with E-state index in [-0.39, 0.29) is 12.2 Å². The van der Waals surface area contributed by atoms with E-state index in [1.165, 1.54) is 4.57 Å². The quantitative estimate of drug-likeness (QED) is 0.625. The van der Waals surface area contributed by atoms with Crippen molar-refractivity contribution in [1.82, 2.24) is 9.55 Å². The van der Waals surface area contributed by atoms with E-state index in [0.717, 1.165) is 11.1 Å². The zero-order chi connectivity index (χ0) is 20.8. The lowest BCUT2D eigenvalue weighted by atomic mass is 9.98. The van der Waals surface area contributed by atoms with Gasteiger partial charge in [-0.1, -0.05) is 23.5 Å². The predicted molar refractivity (Wildman–Crippen MR) is 108 cm³/mol. The van der Waals surface area contributed by atoms with E-state index in [0.29, 0.717) is 47.2 Å². The Balaban J connectivity index is 1.85. The van der Waals surface area contributed by atoms with Crippen LogP contribution in [0.1, 0.15) is 48.2 Å². The summed E-state index contributed by atoms with van der Waals surface area (Å²) in [6.45, 7) is 3.82. The van der Waals surface area contributed by atoms with Gasteiger partial charge in [-0.05, 0) is 38.3 Å². The van der Waals surface area contributed by atoms with E-state index in [2.05, 4.69) is 16.8 Å². The average molecular weight is 390 g/mol. The third-order valence-corrected chi connectivity index (χ3v) is 5.51. The molecule has 2 aromatic heterocycles. The molecule has 6 nitrogen and oxygen atoms in total. The average Bonchev–Trinajstić information content (AvgIpc) is 3.22. The lowest BCUT2D eigenvalue weighted by Gasteiger charge is -2.15. The minimum absolute atomic E-state index is 0.157. The van der Waals surface area contributed by atoms with Crippen molar-refractivity contribution in [2.45, 2.75) is 38.7 Å². The second-order valence-electron chi connectivity index (χ2n) is 7.49. The number of nitrogens with zero attached hydrogens (tertiary/aromatic N) is 2. The molecule has 1 unspecified atom stereocenters. The molecule has 0 aromatic carbocycles. The molecule has 6 heteroatoms. The molecule has 0 spiro atoms. The predicted octanol–water partition coefficient (Wildman–Crippen LogP) is 1.86. The fourth-order valence-corrected chi connectivity index (χ4v) is 4.13. The minimum atomic E-state index is -1.35. The van der Waals surface area contributed by atoms with Crippen LogP contribution < -0.4 is 5.56 Å². The summed E-state index contributed by atoms with van der Waals surface area (Å²) in [7, 11) is 1.66. The second kappa shape index (κ2) is 7.02. The maximum absolute atomic E-state index is 12.6. The monoisotopic (exact) mass is 390 g/mol. The largest absolute Gasteiger partial charge is 0.462 e. The minimum Gasteiger partial charge on any atom is -0.462 e. The van der Waals surface area contributed by atoms with E-state index in [1.54, 1.807) is 26.4 Å². The molecule has 0 aliphatic heterocycles. The van der Waals surface area contributed by atoms with Crippen molar-refractivity contribution >= 4 is 11.5 Å². The van der Waals surface area contributed by atoms with E-state index in [9.17, 15) is 14.7 Å². The van der Waals surface area contributed by atoms with E-state index < -0.39 is 11.6 Å². The van der Waals surface area contributed by atoms with Gasteiger partial charge in [-0.3, -0.25) is 9.78 Å². The Morgan fingerprint density at radius 3 is 3.00 bits per heavy atom. The number of aliphatic hydroxyl groups is 1. The summed E-state index contributed by atoms with van der Waals surface area (Å²) in [5, 5.41) is 11.1. The van der Waals surface area contributed by atoms with Gasteiger partial charge in [0, 0.05) is 42.6 Å². The summed E-state index contributed by atoms with van der Waals surface area (Å²) in [6, 6.07) is 3.79. The van der Waals surface area contributed by atoms with Gasteiger partial charge in [0.25, 0.3) is 5.56 Å². The standard InChI is InChI=1S/C23H22N2O4/c1-4-29-22(27)18-14(2)12-17-19(18)16(13-25(3)21(17)26)8-10-23(28)9-7-15-6-5-11-24-20(15)23/h5-6,11,13,28H,4,7,9,12H2,1-3H3. The molecule has 148 valence electrons. The zero-order valence-corrected chi connectivity index (χ0v) is 16.7. The topological polar surface area (TPSA) is 81.4 Å². The van der Waals surface area contributed by atoms with Crippen LogP contribution in [0, 0.1) is 11.8 Å². The van der Waals surface area contributed by atoms with E-state index in [4.69, 9.17) is 4.74 Å². The van der Waals surface area contributed by atoms with Gasteiger partial charge in [-0.15, -0.1) is 0 Å². The van der Waals surface area contributed by atoms with Gasteiger partial charge in [0.2, 0.25) is 0 Å². The fourth-order valence-electron chi connectivity index (χ4n) is 4.13. The SMILES string of the molecule is CCOC(=O)C1=C(C)Cc2c1c(C#CC1(O)CCc3cccnc31)cn(C)c2=O. The number of esters is 1. The van der Waals surface area contributed by atoms with Gasteiger partial charge in [0.15, 0.2) is 5.60 Å². The number of aryl methyl sites for hydroxylation is 2. The van der Waals surface area contributed by atoms with Gasteiger partial charge in [-0.2, -0.15) is 0 Å². The van der Waals surface area contributed by atoms with Crippen LogP contribution in [0.15, 0.2) is 34.9 Å². The number of fused-ring (bicyclic) bond motifs is 2. The molecule has 0 amide bonds. The molecule has 2 aliphatic rings. The number of ether oxygens (including phenoxy) is 1. The smallest absolute Gasteiger partial charge is 0.338 e. The highest BCUT2D eigenvalue weighted by atomic mass is 16.5. The molecule has 0 bridgehead atoms. The Kier molecular flexibility index (Phi) is 4.64. The Morgan fingerprint density at radius 1 is 1.45 bits per heavy atom. The first-order valence-corrected chi connectivity index (χ1v) is 9.65. The van der Waals surface area contributed by atoms with Crippen LogP contribution in [0.2, 0.25) is 0 Å². The lowest BCUT2D eigenvalue weighted by Crippen LogP contribution is -2.23. The first-order valence-electron chi connectivity index (χ1n) is 9.65. The first-order chi connectivity index (χ1) is 13.9. The third-order valence-electron chi connectivity index (χ3n) is 5.51. The van der Waals surface area contributed by atoms with Crippen LogP contribution in [0.4, 0.5) is 0 Å². The molecule has 0 saturated carbocycles. The number of rotatable bonds is 2. The van der Waals surface area contributed by atoms with Gasteiger partial charge in [0.05, 0.1) is 17.9 Å². The number of carbonyl (C=O) groups is 1. The van der Waals surface area contributed by atoms with Crippen molar-refractivity contribution in [2.75, 3.05) is 6.61 Å². The van der Waals surface area contributed by atoms with Crippen LogP contribution in [-0.2, 0) is 35.0 Å². The number of hydrogen-bond acceptors (Lipinski definition) is 5. The number of carbonyl (C=O) groups excluding carboxylic acids is 1. The van der Waals surface area contributed by atoms with E-state index >= 15 is 0 Å². The summed E-state index contributed by atoms with van der Waals surface area (Å²) in [5.74, 6) is 5.56. The molecule has 0 radical (unpaired) electrons. The highest BCUT2D eigenvalue weighted by Crippen LogP contribution is 2.36. The number of pyridine rings is 2. The lowest BCUT2D eigenvalue weighted by molar-refractivity contribution is -0.136. The molecule has 2 heterocycles. The zero-order valence-electron chi connectivity index (χ0n) is 16.7. The summed E-state index contributed by atoms with van der Waals surface area (Å²) in [6.07, 6.45) is 4.81. The maximum atomic E-state index is 12.6. The van der Waals surface area contributed by atoms with Crippen molar-refractivity contribution in [2.24, 2.45) is 7.05 Å². The van der Waals surface area contributed by atoms with Crippen LogP contribution in [0.3, 0.4) is 0 Å².